The van der Waals surface area contributed by atoms with Crippen molar-refractivity contribution in [3.05, 3.63) is 54.2 Å². The van der Waals surface area contributed by atoms with Crippen molar-refractivity contribution in [1.82, 2.24) is 19.9 Å². The number of aromatic nitrogens is 4. The Morgan fingerprint density at radius 3 is 2.94 bits per heavy atom. The average molecular weight is 209 g/mol. The van der Waals surface area contributed by atoms with E-state index in [2.05, 4.69) is 38.4 Å². The summed E-state index contributed by atoms with van der Waals surface area (Å²) in [5.41, 5.74) is 2.68. The highest BCUT2D eigenvalue weighted by atomic mass is 15.0. The molecule has 3 aromatic rings. The second-order valence-corrected chi connectivity index (χ2v) is 3.53. The maximum atomic E-state index is 4.35. The molecule has 0 saturated carbocycles. The van der Waals surface area contributed by atoms with Crippen LogP contribution in [-0.2, 0) is 6.42 Å². The van der Waals surface area contributed by atoms with E-state index in [1.807, 2.05) is 18.2 Å². The van der Waals surface area contributed by atoms with Gasteiger partial charge in [0.05, 0.1) is 6.20 Å². The van der Waals surface area contributed by atoms with E-state index >= 15 is 0 Å². The summed E-state index contributed by atoms with van der Waals surface area (Å²) in [7, 11) is 0. The van der Waals surface area contributed by atoms with E-state index in [9.17, 15) is 0 Å². The number of H-pyrrole nitrogens is 1. The van der Waals surface area contributed by atoms with Crippen LogP contribution in [0.25, 0.3) is 11.2 Å². The maximum Gasteiger partial charge on any atom is 0.181 e. The molecule has 77 valence electrons. The van der Waals surface area contributed by atoms with Gasteiger partial charge in [-0.25, -0.2) is 15.0 Å². The number of hydrogen-bond acceptors (Lipinski definition) is 3. The molecule has 0 bridgehead atoms. The van der Waals surface area contributed by atoms with Crippen LogP contribution in [0.4, 0.5) is 0 Å². The fourth-order valence-corrected chi connectivity index (χ4v) is 1.59. The molecule has 0 aliphatic carbocycles. The summed E-state index contributed by atoms with van der Waals surface area (Å²) >= 11 is 0. The van der Waals surface area contributed by atoms with Crippen molar-refractivity contribution in [2.24, 2.45) is 0 Å². The van der Waals surface area contributed by atoms with Crippen molar-refractivity contribution in [3.63, 3.8) is 0 Å². The highest BCUT2D eigenvalue weighted by molar-refractivity contribution is 5.67. The molecule has 4 heteroatoms. The lowest BCUT2D eigenvalue weighted by Gasteiger charge is -1.99. The molecule has 2 heterocycles. The summed E-state index contributed by atoms with van der Waals surface area (Å²) in [4.78, 5) is 15.5. The second kappa shape index (κ2) is 3.73. The van der Waals surface area contributed by atoms with E-state index in [1.165, 1.54) is 5.56 Å². The van der Waals surface area contributed by atoms with Crippen LogP contribution in [0, 0.1) is 6.33 Å². The molecule has 3 rings (SSSR count). The lowest BCUT2D eigenvalue weighted by atomic mass is 10.1. The molecule has 1 radical (unpaired) electrons. The molecule has 0 aliphatic heterocycles. The Hall–Kier alpha value is -2.23. The van der Waals surface area contributed by atoms with Crippen molar-refractivity contribution < 1.29 is 0 Å². The van der Waals surface area contributed by atoms with E-state index < -0.39 is 0 Å². The third-order valence-electron chi connectivity index (χ3n) is 2.38. The van der Waals surface area contributed by atoms with Crippen molar-refractivity contribution in [2.75, 3.05) is 0 Å². The van der Waals surface area contributed by atoms with Crippen LogP contribution >= 0.6 is 0 Å². The Labute approximate surface area is 92.4 Å². The molecule has 0 fully saturated rings. The molecule has 0 spiro atoms. The maximum absolute atomic E-state index is 4.35. The zero-order chi connectivity index (χ0) is 10.8. The Kier molecular flexibility index (Phi) is 2.11. The zero-order valence-electron chi connectivity index (χ0n) is 8.51. The highest BCUT2D eigenvalue weighted by Crippen LogP contribution is 2.08. The van der Waals surface area contributed by atoms with E-state index in [4.69, 9.17) is 0 Å². The second-order valence-electron chi connectivity index (χ2n) is 3.53. The number of fused-ring (bicyclic) bond motifs is 1. The first kappa shape index (κ1) is 9.03. The van der Waals surface area contributed by atoms with Crippen molar-refractivity contribution in [1.29, 1.82) is 0 Å². The van der Waals surface area contributed by atoms with Crippen LogP contribution in [-0.4, -0.2) is 19.9 Å². The summed E-state index contributed by atoms with van der Waals surface area (Å²) in [5.74, 6) is 0.777. The molecule has 4 nitrogen and oxygen atoms in total. The first-order valence-electron chi connectivity index (χ1n) is 5.03. The zero-order valence-corrected chi connectivity index (χ0v) is 8.51. The van der Waals surface area contributed by atoms with Crippen molar-refractivity contribution in [3.8, 4) is 0 Å². The first-order valence-corrected chi connectivity index (χ1v) is 5.03. The van der Waals surface area contributed by atoms with Gasteiger partial charge >= 0.3 is 0 Å². The number of rotatable bonds is 2. The van der Waals surface area contributed by atoms with E-state index in [0.29, 0.717) is 5.65 Å². The molecule has 0 saturated heterocycles. The largest absolute Gasteiger partial charge is 0.333 e. The third-order valence-corrected chi connectivity index (χ3v) is 2.38. The SMILES string of the molecule is [c]1nc2nc(Cc3ccccc3)ncc2[nH]1. The number of hydrogen-bond donors (Lipinski definition) is 1. The van der Waals surface area contributed by atoms with E-state index in [1.54, 1.807) is 6.20 Å². The molecule has 2 aromatic heterocycles. The predicted molar refractivity (Wildman–Crippen MR) is 59.8 cm³/mol. The minimum Gasteiger partial charge on any atom is -0.333 e. The van der Waals surface area contributed by atoms with E-state index in [0.717, 1.165) is 17.8 Å². The smallest absolute Gasteiger partial charge is 0.181 e. The Bertz CT molecular complexity index is 600. The van der Waals surface area contributed by atoms with Gasteiger partial charge in [-0.1, -0.05) is 30.3 Å². The predicted octanol–water partition coefficient (Wildman–Crippen LogP) is 1.74. The van der Waals surface area contributed by atoms with Gasteiger partial charge in [-0.2, -0.15) is 0 Å². The van der Waals surface area contributed by atoms with Crippen LogP contribution in [0.3, 0.4) is 0 Å². The Morgan fingerprint density at radius 1 is 1.19 bits per heavy atom. The van der Waals surface area contributed by atoms with Gasteiger partial charge in [0.2, 0.25) is 0 Å². The minimum absolute atomic E-state index is 0.668. The van der Waals surface area contributed by atoms with E-state index in [-0.39, 0.29) is 0 Å². The van der Waals surface area contributed by atoms with Gasteiger partial charge in [-0.3, -0.25) is 0 Å². The molecular weight excluding hydrogens is 200 g/mol. The minimum atomic E-state index is 0.668. The van der Waals surface area contributed by atoms with Gasteiger partial charge < -0.3 is 4.98 Å². The normalized spacial score (nSPS) is 10.8. The Balaban J connectivity index is 1.94. The fraction of sp³-hybridized carbons (Fsp3) is 0.0833. The summed E-state index contributed by atoms with van der Waals surface area (Å²) in [6.07, 6.45) is 5.12. The topological polar surface area (TPSA) is 54.5 Å². The van der Waals surface area contributed by atoms with Gasteiger partial charge in [-0.05, 0) is 5.56 Å². The monoisotopic (exact) mass is 209 g/mol. The molecule has 16 heavy (non-hydrogen) atoms. The van der Waals surface area contributed by atoms with Crippen LogP contribution in [0.1, 0.15) is 11.4 Å². The van der Waals surface area contributed by atoms with Crippen LogP contribution in [0.15, 0.2) is 36.5 Å². The molecule has 0 unspecified atom stereocenters. The lowest BCUT2D eigenvalue weighted by Crippen LogP contribution is -1.96. The lowest BCUT2D eigenvalue weighted by molar-refractivity contribution is 0.986. The van der Waals surface area contributed by atoms with Crippen LogP contribution < -0.4 is 0 Å². The van der Waals surface area contributed by atoms with Crippen molar-refractivity contribution in [2.45, 2.75) is 6.42 Å². The van der Waals surface area contributed by atoms with Gasteiger partial charge in [0.1, 0.15) is 11.3 Å². The molecule has 0 atom stereocenters. The van der Waals surface area contributed by atoms with Crippen LogP contribution in [0.5, 0.6) is 0 Å². The average Bonchev–Trinajstić information content (AvgIpc) is 2.77. The molecule has 1 aromatic carbocycles. The molecule has 0 aliphatic rings. The quantitative estimate of drug-likeness (QED) is 0.699. The standard InChI is InChI=1S/C12H9N4/c1-2-4-9(5-3-1)6-11-13-7-10-12(16-11)15-8-14-10/h1-5,7H,6H2,(H,13,14,15,16). The number of benzene rings is 1. The Morgan fingerprint density at radius 2 is 2.06 bits per heavy atom. The number of nitrogens with zero attached hydrogens (tertiary/aromatic N) is 3. The summed E-state index contributed by atoms with van der Waals surface area (Å²) < 4.78 is 0. The summed E-state index contributed by atoms with van der Waals surface area (Å²) in [6.45, 7) is 0. The third kappa shape index (κ3) is 1.65. The summed E-state index contributed by atoms with van der Waals surface area (Å²) in [6, 6.07) is 10.1. The van der Waals surface area contributed by atoms with Crippen molar-refractivity contribution >= 4 is 11.2 Å². The van der Waals surface area contributed by atoms with Gasteiger partial charge in [-0.15, -0.1) is 0 Å². The number of aromatic amines is 1. The molecule has 0 amide bonds. The fourth-order valence-electron chi connectivity index (χ4n) is 1.59. The first-order chi connectivity index (χ1) is 7.92. The summed E-state index contributed by atoms with van der Waals surface area (Å²) in [5, 5.41) is 0. The van der Waals surface area contributed by atoms with Crippen LogP contribution in [0.2, 0.25) is 0 Å². The number of imidazole rings is 1. The van der Waals surface area contributed by atoms with Gasteiger partial charge in [0.25, 0.3) is 0 Å². The number of nitrogens with one attached hydrogen (secondary N) is 1. The van der Waals surface area contributed by atoms with Gasteiger partial charge in [0, 0.05) is 6.42 Å². The highest BCUT2D eigenvalue weighted by Gasteiger charge is 2.02. The van der Waals surface area contributed by atoms with Gasteiger partial charge in [0.15, 0.2) is 12.0 Å². The molecule has 1 N–H and O–H groups in total. The molecular formula is C12H9N4.